The van der Waals surface area contributed by atoms with E-state index in [9.17, 15) is 4.79 Å². The Morgan fingerprint density at radius 1 is 1.23 bits per heavy atom. The average molecular weight is 325 g/mol. The molecule has 2 fully saturated rings. The molecule has 6 heteroatoms. The molecule has 1 aromatic rings. The molecule has 0 aromatic carbocycles. The van der Waals surface area contributed by atoms with Crippen LogP contribution in [0.4, 0.5) is 0 Å². The van der Waals surface area contributed by atoms with Crippen LogP contribution in [-0.4, -0.2) is 43.4 Å². The second-order valence-corrected chi connectivity index (χ2v) is 6.32. The lowest BCUT2D eigenvalue weighted by Crippen LogP contribution is -2.49. The molecule has 3 heterocycles. The molecule has 0 saturated carbocycles. The Kier molecular flexibility index (Phi) is 5.28. The fraction of sp³-hybridized carbons (Fsp3) is 0.625. The Bertz CT molecular complexity index is 520. The summed E-state index contributed by atoms with van der Waals surface area (Å²) in [6.45, 7) is 3.00. The summed E-state index contributed by atoms with van der Waals surface area (Å²) in [5.41, 5.74) is 0.480. The summed E-state index contributed by atoms with van der Waals surface area (Å²) in [6.07, 6.45) is 6.00. The van der Waals surface area contributed by atoms with E-state index in [4.69, 9.17) is 21.1 Å². The summed E-state index contributed by atoms with van der Waals surface area (Å²) in [4.78, 5) is 16.4. The first-order valence-corrected chi connectivity index (χ1v) is 8.19. The number of ether oxygens (including phenoxy) is 2. The van der Waals surface area contributed by atoms with Gasteiger partial charge in [-0.1, -0.05) is 11.6 Å². The fourth-order valence-electron chi connectivity index (χ4n) is 3.35. The normalized spacial score (nSPS) is 26.6. The first-order chi connectivity index (χ1) is 10.8. The smallest absolute Gasteiger partial charge is 0.253 e. The second-order valence-electron chi connectivity index (χ2n) is 5.91. The van der Waals surface area contributed by atoms with Crippen molar-refractivity contribution in [3.8, 4) is 0 Å². The molecule has 2 aliphatic rings. The van der Waals surface area contributed by atoms with Crippen LogP contribution in [0.2, 0.25) is 5.02 Å². The van der Waals surface area contributed by atoms with Gasteiger partial charge in [0.05, 0.1) is 17.2 Å². The van der Waals surface area contributed by atoms with Gasteiger partial charge in [0.1, 0.15) is 0 Å². The highest BCUT2D eigenvalue weighted by Gasteiger charge is 2.34. The van der Waals surface area contributed by atoms with Crippen LogP contribution in [0.1, 0.15) is 29.6 Å². The van der Waals surface area contributed by atoms with Crippen molar-refractivity contribution in [1.29, 1.82) is 0 Å². The molecule has 0 radical (unpaired) electrons. The van der Waals surface area contributed by atoms with Gasteiger partial charge in [0, 0.05) is 44.2 Å². The quantitative estimate of drug-likeness (QED) is 0.926. The number of nitrogens with zero attached hydrogens (tertiary/aromatic N) is 1. The maximum absolute atomic E-state index is 12.5. The topological polar surface area (TPSA) is 60.5 Å². The van der Waals surface area contributed by atoms with E-state index < -0.39 is 0 Å². The van der Waals surface area contributed by atoms with Gasteiger partial charge in [-0.15, -0.1) is 0 Å². The Morgan fingerprint density at radius 2 is 2.00 bits per heavy atom. The molecule has 2 aliphatic heterocycles. The highest BCUT2D eigenvalue weighted by Crippen LogP contribution is 2.30. The van der Waals surface area contributed by atoms with E-state index in [1.807, 2.05) is 0 Å². The molecule has 0 spiro atoms. The minimum Gasteiger partial charge on any atom is -0.381 e. The Hall–Kier alpha value is -1.17. The van der Waals surface area contributed by atoms with Crippen LogP contribution in [0.15, 0.2) is 18.5 Å². The third-order valence-corrected chi connectivity index (χ3v) is 4.91. The Labute approximate surface area is 135 Å². The van der Waals surface area contributed by atoms with Crippen LogP contribution < -0.4 is 5.32 Å². The van der Waals surface area contributed by atoms with Crippen molar-refractivity contribution < 1.29 is 14.3 Å². The van der Waals surface area contributed by atoms with Gasteiger partial charge >= 0.3 is 0 Å². The summed E-state index contributed by atoms with van der Waals surface area (Å²) >= 11 is 6.06. The fourth-order valence-corrected chi connectivity index (χ4v) is 3.56. The third-order valence-electron chi connectivity index (χ3n) is 4.61. The van der Waals surface area contributed by atoms with Crippen molar-refractivity contribution in [3.63, 3.8) is 0 Å². The second kappa shape index (κ2) is 7.40. The van der Waals surface area contributed by atoms with Crippen LogP contribution >= 0.6 is 11.6 Å². The number of carbonyl (C=O) groups excluding carboxylic acids is 1. The molecule has 0 bridgehead atoms. The summed E-state index contributed by atoms with van der Waals surface area (Å²) in [7, 11) is 0. The lowest BCUT2D eigenvalue weighted by Gasteiger charge is -2.39. The number of pyridine rings is 1. The van der Waals surface area contributed by atoms with Crippen molar-refractivity contribution in [2.75, 3.05) is 26.4 Å². The van der Waals surface area contributed by atoms with Gasteiger partial charge in [-0.05, 0) is 31.2 Å². The van der Waals surface area contributed by atoms with Gasteiger partial charge in [-0.2, -0.15) is 0 Å². The van der Waals surface area contributed by atoms with E-state index in [0.29, 0.717) is 35.6 Å². The first-order valence-electron chi connectivity index (χ1n) is 7.81. The number of carbonyl (C=O) groups is 1. The standard InChI is InChI=1S/C16H21ClN2O3/c17-14-9-18-5-1-12(14)16(20)19-15-4-8-22-10-13(15)11-2-6-21-7-3-11/h1,5,9,11,13,15H,2-4,6-8,10H2,(H,19,20)/t13-,15-/m1/s1. The lowest BCUT2D eigenvalue weighted by atomic mass is 9.79. The van der Waals surface area contributed by atoms with Gasteiger partial charge in [-0.3, -0.25) is 9.78 Å². The number of rotatable bonds is 3. The summed E-state index contributed by atoms with van der Waals surface area (Å²) in [6, 6.07) is 1.79. The van der Waals surface area contributed by atoms with Gasteiger partial charge in [0.15, 0.2) is 0 Å². The van der Waals surface area contributed by atoms with Crippen LogP contribution in [0, 0.1) is 11.8 Å². The number of hydrogen-bond donors (Lipinski definition) is 1. The number of aromatic nitrogens is 1. The highest BCUT2D eigenvalue weighted by atomic mass is 35.5. The van der Waals surface area contributed by atoms with Crippen LogP contribution in [0.5, 0.6) is 0 Å². The van der Waals surface area contributed by atoms with E-state index in [1.165, 1.54) is 6.20 Å². The van der Waals surface area contributed by atoms with Crippen molar-refractivity contribution in [2.24, 2.45) is 11.8 Å². The van der Waals surface area contributed by atoms with E-state index in [-0.39, 0.29) is 11.9 Å². The largest absolute Gasteiger partial charge is 0.381 e. The van der Waals surface area contributed by atoms with E-state index >= 15 is 0 Å². The summed E-state index contributed by atoms with van der Waals surface area (Å²) in [5, 5.41) is 3.54. The monoisotopic (exact) mass is 324 g/mol. The Balaban J connectivity index is 1.68. The van der Waals surface area contributed by atoms with E-state index in [0.717, 1.165) is 32.5 Å². The molecule has 5 nitrogen and oxygen atoms in total. The molecule has 1 aromatic heterocycles. The molecule has 1 N–H and O–H groups in total. The molecule has 2 saturated heterocycles. The zero-order valence-corrected chi connectivity index (χ0v) is 13.2. The number of hydrogen-bond acceptors (Lipinski definition) is 4. The predicted molar refractivity (Wildman–Crippen MR) is 83.0 cm³/mol. The average Bonchev–Trinajstić information content (AvgIpc) is 2.56. The molecule has 1 amide bonds. The van der Waals surface area contributed by atoms with Crippen molar-refractivity contribution in [1.82, 2.24) is 10.3 Å². The molecular weight excluding hydrogens is 304 g/mol. The molecule has 3 rings (SSSR count). The van der Waals surface area contributed by atoms with E-state index in [2.05, 4.69) is 10.3 Å². The first kappa shape index (κ1) is 15.7. The van der Waals surface area contributed by atoms with Gasteiger partial charge in [-0.25, -0.2) is 0 Å². The molecule has 0 unspecified atom stereocenters. The molecular formula is C16H21ClN2O3. The Morgan fingerprint density at radius 3 is 2.77 bits per heavy atom. The lowest BCUT2D eigenvalue weighted by molar-refractivity contribution is -0.0259. The zero-order chi connectivity index (χ0) is 15.4. The minimum absolute atomic E-state index is 0.128. The van der Waals surface area contributed by atoms with Crippen LogP contribution in [0.25, 0.3) is 0 Å². The van der Waals surface area contributed by atoms with Crippen LogP contribution in [0.3, 0.4) is 0 Å². The SMILES string of the molecule is O=C(N[C@@H]1CCOC[C@@H]1C1CCOCC1)c1ccncc1Cl. The summed E-state index contributed by atoms with van der Waals surface area (Å²) in [5.74, 6) is 0.769. The van der Waals surface area contributed by atoms with Crippen molar-refractivity contribution >= 4 is 17.5 Å². The maximum atomic E-state index is 12.5. The highest BCUT2D eigenvalue weighted by molar-refractivity contribution is 6.33. The number of halogens is 1. The van der Waals surface area contributed by atoms with E-state index in [1.54, 1.807) is 12.3 Å². The predicted octanol–water partition coefficient (Wildman–Crippen LogP) is 2.30. The van der Waals surface area contributed by atoms with Gasteiger partial charge < -0.3 is 14.8 Å². The summed E-state index contributed by atoms with van der Waals surface area (Å²) < 4.78 is 11.1. The number of nitrogens with one attached hydrogen (secondary N) is 1. The van der Waals surface area contributed by atoms with Gasteiger partial charge in [0.2, 0.25) is 0 Å². The molecule has 0 aliphatic carbocycles. The zero-order valence-electron chi connectivity index (χ0n) is 12.5. The minimum atomic E-state index is -0.128. The van der Waals surface area contributed by atoms with Crippen LogP contribution in [-0.2, 0) is 9.47 Å². The molecule has 22 heavy (non-hydrogen) atoms. The number of amides is 1. The molecule has 120 valence electrons. The maximum Gasteiger partial charge on any atom is 0.253 e. The molecule has 2 atom stereocenters. The third kappa shape index (κ3) is 3.59. The van der Waals surface area contributed by atoms with Crippen molar-refractivity contribution in [3.05, 3.63) is 29.0 Å². The van der Waals surface area contributed by atoms with Gasteiger partial charge in [0.25, 0.3) is 5.91 Å². The van der Waals surface area contributed by atoms with Crippen molar-refractivity contribution in [2.45, 2.75) is 25.3 Å².